The van der Waals surface area contributed by atoms with Crippen molar-refractivity contribution in [3.05, 3.63) is 69.5 Å². The molecule has 0 spiro atoms. The van der Waals surface area contributed by atoms with E-state index >= 15 is 0 Å². The van der Waals surface area contributed by atoms with Gasteiger partial charge in [0.05, 0.1) is 33.5 Å². The summed E-state index contributed by atoms with van der Waals surface area (Å²) >= 11 is 0. The molecule has 0 saturated carbocycles. The number of aliphatic hydroxyl groups excluding tert-OH is 1. The number of rotatable bonds is 6. The van der Waals surface area contributed by atoms with Crippen molar-refractivity contribution in [3.63, 3.8) is 0 Å². The van der Waals surface area contributed by atoms with Crippen LogP contribution in [-0.2, 0) is 11.3 Å². The first kappa shape index (κ1) is 21.4. The summed E-state index contributed by atoms with van der Waals surface area (Å²) in [5.74, 6) is 1.25. The fourth-order valence-corrected chi connectivity index (χ4v) is 4.28. The molecule has 0 unspecified atom stereocenters. The Labute approximate surface area is 181 Å². The first-order chi connectivity index (χ1) is 15.0. The second kappa shape index (κ2) is 9.09. The fourth-order valence-electron chi connectivity index (χ4n) is 4.28. The molecule has 1 saturated heterocycles. The molecule has 1 aromatic heterocycles. The maximum absolute atomic E-state index is 12.8. The molecule has 31 heavy (non-hydrogen) atoms. The second-order valence-corrected chi connectivity index (χ2v) is 7.84. The minimum absolute atomic E-state index is 0.101. The number of methoxy groups -OCH3 is 2. The van der Waals surface area contributed by atoms with Gasteiger partial charge < -0.3 is 24.3 Å². The highest BCUT2D eigenvalue weighted by Crippen LogP contribution is 2.36. The Hall–Kier alpha value is -2.87. The molecule has 0 aliphatic carbocycles. The van der Waals surface area contributed by atoms with Gasteiger partial charge in [0.2, 0.25) is 0 Å². The van der Waals surface area contributed by atoms with Crippen LogP contribution in [-0.4, -0.2) is 55.1 Å². The fraction of sp³-hybridized carbons (Fsp3) is 0.375. The number of hydrogen-bond donors (Lipinski definition) is 2. The SMILES string of the molecule is COc1ccc([C@@H]2[C@@H](CO)OCCN2Cc2cc3ccc(C)cc3[nH]c2=O)cc1OC. The Balaban J connectivity index is 1.71. The number of aromatic amines is 1. The van der Waals surface area contributed by atoms with Crippen molar-refractivity contribution in [3.8, 4) is 11.5 Å². The lowest BCUT2D eigenvalue weighted by molar-refractivity contribution is -0.0961. The zero-order chi connectivity index (χ0) is 22.0. The Bertz CT molecular complexity index is 1130. The number of pyridine rings is 1. The van der Waals surface area contributed by atoms with E-state index in [4.69, 9.17) is 14.2 Å². The third kappa shape index (κ3) is 4.30. The number of hydrogen-bond acceptors (Lipinski definition) is 6. The van der Waals surface area contributed by atoms with Crippen LogP contribution >= 0.6 is 0 Å². The van der Waals surface area contributed by atoms with E-state index in [1.54, 1.807) is 14.2 Å². The van der Waals surface area contributed by atoms with E-state index in [1.807, 2.05) is 49.4 Å². The minimum atomic E-state index is -0.408. The van der Waals surface area contributed by atoms with Gasteiger partial charge in [0.25, 0.3) is 5.56 Å². The Morgan fingerprint density at radius 2 is 1.94 bits per heavy atom. The smallest absolute Gasteiger partial charge is 0.252 e. The molecule has 4 rings (SSSR count). The zero-order valence-electron chi connectivity index (χ0n) is 18.1. The van der Waals surface area contributed by atoms with E-state index in [-0.39, 0.29) is 18.2 Å². The molecular formula is C24H28N2O5. The van der Waals surface area contributed by atoms with Crippen molar-refractivity contribution >= 4 is 10.9 Å². The summed E-state index contributed by atoms with van der Waals surface area (Å²) in [5.41, 5.74) is 3.45. The molecule has 1 aliphatic rings. The summed E-state index contributed by atoms with van der Waals surface area (Å²) in [6.45, 7) is 3.45. The molecule has 2 aromatic carbocycles. The largest absolute Gasteiger partial charge is 0.493 e. The lowest BCUT2D eigenvalue weighted by Gasteiger charge is -2.41. The lowest BCUT2D eigenvalue weighted by atomic mass is 9.97. The third-order valence-corrected chi connectivity index (χ3v) is 5.84. The Morgan fingerprint density at radius 3 is 2.68 bits per heavy atom. The minimum Gasteiger partial charge on any atom is -0.493 e. The van der Waals surface area contributed by atoms with Gasteiger partial charge in [-0.1, -0.05) is 18.2 Å². The molecule has 0 radical (unpaired) electrons. The van der Waals surface area contributed by atoms with E-state index in [0.717, 1.165) is 22.0 Å². The summed E-state index contributed by atoms with van der Waals surface area (Å²) in [4.78, 5) is 18.0. The summed E-state index contributed by atoms with van der Waals surface area (Å²) in [6.07, 6.45) is -0.408. The quantitative estimate of drug-likeness (QED) is 0.633. The maximum atomic E-state index is 12.8. The summed E-state index contributed by atoms with van der Waals surface area (Å²) in [5, 5.41) is 11.0. The van der Waals surface area contributed by atoms with Gasteiger partial charge in [-0.2, -0.15) is 0 Å². The predicted octanol–water partition coefficient (Wildman–Crippen LogP) is 2.79. The van der Waals surface area contributed by atoms with Gasteiger partial charge in [0.1, 0.15) is 6.10 Å². The number of nitrogens with one attached hydrogen (secondary N) is 1. The van der Waals surface area contributed by atoms with E-state index in [9.17, 15) is 9.90 Å². The molecular weight excluding hydrogens is 396 g/mol. The van der Waals surface area contributed by atoms with Gasteiger partial charge in [-0.15, -0.1) is 0 Å². The second-order valence-electron chi connectivity index (χ2n) is 7.84. The van der Waals surface area contributed by atoms with Crippen LogP contribution in [0.15, 0.2) is 47.3 Å². The Kier molecular flexibility index (Phi) is 6.27. The number of fused-ring (bicyclic) bond motifs is 1. The van der Waals surface area contributed by atoms with Crippen LogP contribution in [0.25, 0.3) is 10.9 Å². The van der Waals surface area contributed by atoms with Gasteiger partial charge in [0, 0.05) is 24.2 Å². The summed E-state index contributed by atoms with van der Waals surface area (Å²) in [6, 6.07) is 13.4. The molecule has 164 valence electrons. The van der Waals surface area contributed by atoms with Crippen LogP contribution in [0.3, 0.4) is 0 Å². The molecule has 7 nitrogen and oxygen atoms in total. The van der Waals surface area contributed by atoms with E-state index < -0.39 is 6.10 Å². The molecule has 0 bridgehead atoms. The number of aryl methyl sites for hydroxylation is 1. The number of nitrogens with zero attached hydrogens (tertiary/aromatic N) is 1. The van der Waals surface area contributed by atoms with Gasteiger partial charge in [0.15, 0.2) is 11.5 Å². The highest BCUT2D eigenvalue weighted by atomic mass is 16.5. The maximum Gasteiger partial charge on any atom is 0.252 e. The van der Waals surface area contributed by atoms with Gasteiger partial charge in [-0.05, 0) is 47.7 Å². The summed E-state index contributed by atoms with van der Waals surface area (Å²) in [7, 11) is 3.19. The summed E-state index contributed by atoms with van der Waals surface area (Å²) < 4.78 is 16.7. The highest BCUT2D eigenvalue weighted by Gasteiger charge is 2.34. The van der Waals surface area contributed by atoms with Gasteiger partial charge in [-0.25, -0.2) is 0 Å². The zero-order valence-corrected chi connectivity index (χ0v) is 18.1. The van der Waals surface area contributed by atoms with Crippen LogP contribution in [0.4, 0.5) is 0 Å². The topological polar surface area (TPSA) is 84.0 Å². The molecule has 7 heteroatoms. The molecule has 3 aromatic rings. The van der Waals surface area contributed by atoms with Crippen LogP contribution in [0.2, 0.25) is 0 Å². The average Bonchev–Trinajstić information content (AvgIpc) is 2.79. The molecule has 2 N–H and O–H groups in total. The number of morpholine rings is 1. The highest BCUT2D eigenvalue weighted by molar-refractivity contribution is 5.79. The van der Waals surface area contributed by atoms with Gasteiger partial charge >= 0.3 is 0 Å². The van der Waals surface area contributed by atoms with Crippen molar-refractivity contribution in [2.75, 3.05) is 34.0 Å². The van der Waals surface area contributed by atoms with Crippen molar-refractivity contribution < 1.29 is 19.3 Å². The van der Waals surface area contributed by atoms with Crippen LogP contribution in [0, 0.1) is 6.92 Å². The van der Waals surface area contributed by atoms with Crippen LogP contribution in [0.1, 0.15) is 22.7 Å². The molecule has 2 atom stereocenters. The van der Waals surface area contributed by atoms with Crippen molar-refractivity contribution in [2.45, 2.75) is 25.6 Å². The number of benzene rings is 2. The molecule has 1 aliphatic heterocycles. The average molecular weight is 424 g/mol. The normalized spacial score (nSPS) is 19.5. The lowest BCUT2D eigenvalue weighted by Crippen LogP contribution is -2.47. The monoisotopic (exact) mass is 424 g/mol. The van der Waals surface area contributed by atoms with Crippen molar-refractivity contribution in [2.24, 2.45) is 0 Å². The number of aliphatic hydroxyl groups is 1. The van der Waals surface area contributed by atoms with Crippen LogP contribution < -0.4 is 15.0 Å². The molecule has 1 fully saturated rings. The third-order valence-electron chi connectivity index (χ3n) is 5.84. The Morgan fingerprint density at radius 1 is 1.13 bits per heavy atom. The van der Waals surface area contributed by atoms with E-state index in [0.29, 0.717) is 36.8 Å². The molecule has 2 heterocycles. The van der Waals surface area contributed by atoms with Gasteiger partial charge in [-0.3, -0.25) is 9.69 Å². The molecule has 0 amide bonds. The number of ether oxygens (including phenoxy) is 3. The first-order valence-electron chi connectivity index (χ1n) is 10.3. The van der Waals surface area contributed by atoms with Crippen LogP contribution in [0.5, 0.6) is 11.5 Å². The van der Waals surface area contributed by atoms with Crippen molar-refractivity contribution in [1.29, 1.82) is 0 Å². The van der Waals surface area contributed by atoms with Crippen molar-refractivity contribution in [1.82, 2.24) is 9.88 Å². The standard InChI is InChI=1S/C24H28N2O5/c1-15-4-5-16-11-18(24(28)25-19(16)10-15)13-26-8-9-31-22(14-27)23(26)17-6-7-20(29-2)21(12-17)30-3/h4-7,10-12,22-23,27H,8-9,13-14H2,1-3H3,(H,25,28)/t22-,23-/m1/s1. The number of aromatic nitrogens is 1. The van der Waals surface area contributed by atoms with E-state index in [2.05, 4.69) is 9.88 Å². The van der Waals surface area contributed by atoms with E-state index in [1.165, 1.54) is 0 Å². The predicted molar refractivity (Wildman–Crippen MR) is 119 cm³/mol. The number of H-pyrrole nitrogens is 1. The first-order valence-corrected chi connectivity index (χ1v) is 10.3.